The van der Waals surface area contributed by atoms with Crippen LogP contribution in [0.15, 0.2) is 47.8 Å². The Kier molecular flexibility index (Phi) is 5.48. The van der Waals surface area contributed by atoms with Crippen molar-refractivity contribution in [3.63, 3.8) is 0 Å². The molecule has 3 rings (SSSR count). The zero-order valence-corrected chi connectivity index (χ0v) is 15.1. The predicted octanol–water partition coefficient (Wildman–Crippen LogP) is 0.800. The van der Waals surface area contributed by atoms with E-state index in [1.165, 1.54) is 30.7 Å². The Morgan fingerprint density at radius 2 is 2.04 bits per heavy atom. The molecule has 0 aliphatic carbocycles. The van der Waals surface area contributed by atoms with Gasteiger partial charge in [-0.05, 0) is 24.3 Å². The normalized spacial score (nSPS) is 18.2. The molecule has 0 N–H and O–H groups in total. The van der Waals surface area contributed by atoms with E-state index in [9.17, 15) is 13.2 Å². The van der Waals surface area contributed by atoms with E-state index in [0.29, 0.717) is 32.1 Å². The summed E-state index contributed by atoms with van der Waals surface area (Å²) in [4.78, 5) is 22.3. The second kappa shape index (κ2) is 7.79. The van der Waals surface area contributed by atoms with Crippen molar-refractivity contribution >= 4 is 15.7 Å². The van der Waals surface area contributed by atoms with Crippen LogP contribution >= 0.6 is 0 Å². The monoisotopic (exact) mass is 377 g/mol. The van der Waals surface area contributed by atoms with Crippen LogP contribution in [-0.2, 0) is 14.6 Å². The highest BCUT2D eigenvalue weighted by atomic mass is 32.2. The van der Waals surface area contributed by atoms with Crippen LogP contribution in [-0.4, -0.2) is 67.9 Å². The summed E-state index contributed by atoms with van der Waals surface area (Å²) in [5.41, 5.74) is 0.269. The lowest BCUT2D eigenvalue weighted by molar-refractivity contribution is 0.0648. The molecule has 1 aromatic carbocycles. The first-order chi connectivity index (χ1) is 12.4. The quantitative estimate of drug-likeness (QED) is 0.777. The summed E-state index contributed by atoms with van der Waals surface area (Å²) in [6, 6.07) is 6.17. The van der Waals surface area contributed by atoms with Gasteiger partial charge in [-0.15, -0.1) is 0 Å². The maximum absolute atomic E-state index is 12.6. The minimum absolute atomic E-state index is 0.224. The van der Waals surface area contributed by atoms with E-state index in [2.05, 4.69) is 9.97 Å². The van der Waals surface area contributed by atoms with Gasteiger partial charge in [-0.2, -0.15) is 0 Å². The van der Waals surface area contributed by atoms with E-state index in [0.717, 1.165) is 6.26 Å². The topological polar surface area (TPSA) is 98.7 Å². The average Bonchev–Trinajstić information content (AvgIpc) is 2.87. The van der Waals surface area contributed by atoms with Gasteiger partial charge in [0.25, 0.3) is 5.91 Å². The molecule has 0 unspecified atom stereocenters. The van der Waals surface area contributed by atoms with Gasteiger partial charge < -0.3 is 14.4 Å². The third kappa shape index (κ3) is 4.55. The Hall–Kier alpha value is -2.52. The van der Waals surface area contributed by atoms with Gasteiger partial charge >= 0.3 is 0 Å². The molecule has 138 valence electrons. The largest absolute Gasteiger partial charge is 0.486 e. The molecule has 1 fully saturated rings. The van der Waals surface area contributed by atoms with E-state index in [-0.39, 0.29) is 22.6 Å². The molecular weight excluding hydrogens is 358 g/mol. The highest BCUT2D eigenvalue weighted by molar-refractivity contribution is 7.90. The van der Waals surface area contributed by atoms with Crippen LogP contribution in [0.1, 0.15) is 10.5 Å². The summed E-state index contributed by atoms with van der Waals surface area (Å²) in [6.07, 6.45) is 5.18. The molecule has 0 bridgehead atoms. The van der Waals surface area contributed by atoms with Crippen LogP contribution < -0.4 is 4.74 Å². The number of hydrogen-bond acceptors (Lipinski definition) is 7. The third-order valence-corrected chi connectivity index (χ3v) is 4.99. The van der Waals surface area contributed by atoms with Crippen LogP contribution in [0, 0.1) is 0 Å². The zero-order chi connectivity index (χ0) is 18.6. The predicted molar refractivity (Wildman–Crippen MR) is 92.7 cm³/mol. The molecule has 1 aliphatic rings. The van der Waals surface area contributed by atoms with E-state index in [4.69, 9.17) is 9.47 Å². The Bertz CT molecular complexity index is 856. The van der Waals surface area contributed by atoms with Crippen LogP contribution in [0.25, 0.3) is 0 Å². The first kappa shape index (κ1) is 18.3. The summed E-state index contributed by atoms with van der Waals surface area (Å²) in [5, 5.41) is 0. The molecule has 0 spiro atoms. The molecule has 1 aliphatic heterocycles. The van der Waals surface area contributed by atoms with Crippen LogP contribution in [0.4, 0.5) is 0 Å². The molecular formula is C17H19N3O5S. The average molecular weight is 377 g/mol. The standard InChI is InChI=1S/C17H19N3O5S/c1-26(22,23)15-4-2-13(3-5-15)25-14-11-20(8-9-24-12-14)17(21)16-10-18-6-7-19-16/h2-7,10,14H,8-9,11-12H2,1H3/t14-/m1/s1. The SMILES string of the molecule is CS(=O)(=O)c1ccc(O[C@H]2COCCN(C(=O)c3cnccn3)C2)cc1. The van der Waals surface area contributed by atoms with Crippen LogP contribution in [0.2, 0.25) is 0 Å². The molecule has 0 saturated carbocycles. The first-order valence-corrected chi connectivity index (χ1v) is 9.92. The maximum Gasteiger partial charge on any atom is 0.274 e. The number of sulfone groups is 1. The minimum atomic E-state index is -3.26. The number of ether oxygens (including phenoxy) is 2. The van der Waals surface area contributed by atoms with Gasteiger partial charge in [-0.3, -0.25) is 9.78 Å². The molecule has 1 saturated heterocycles. The fourth-order valence-corrected chi connectivity index (χ4v) is 3.19. The second-order valence-corrected chi connectivity index (χ2v) is 7.92. The van der Waals surface area contributed by atoms with Crippen molar-refractivity contribution in [1.29, 1.82) is 0 Å². The highest BCUT2D eigenvalue weighted by Gasteiger charge is 2.25. The molecule has 9 heteroatoms. The number of carbonyl (C=O) groups is 1. The Balaban J connectivity index is 1.69. The van der Waals surface area contributed by atoms with Crippen LogP contribution in [0.3, 0.4) is 0 Å². The fourth-order valence-electron chi connectivity index (χ4n) is 2.56. The van der Waals surface area contributed by atoms with E-state index < -0.39 is 9.84 Å². The van der Waals surface area contributed by atoms with Crippen molar-refractivity contribution in [2.24, 2.45) is 0 Å². The lowest BCUT2D eigenvalue weighted by Crippen LogP contribution is -2.40. The third-order valence-electron chi connectivity index (χ3n) is 3.86. The number of aromatic nitrogens is 2. The molecule has 2 aromatic rings. The Morgan fingerprint density at radius 3 is 2.69 bits per heavy atom. The maximum atomic E-state index is 12.6. The van der Waals surface area contributed by atoms with Gasteiger partial charge in [0.1, 0.15) is 17.5 Å². The molecule has 26 heavy (non-hydrogen) atoms. The van der Waals surface area contributed by atoms with E-state index in [1.807, 2.05) is 0 Å². The van der Waals surface area contributed by atoms with E-state index in [1.54, 1.807) is 17.0 Å². The number of hydrogen-bond donors (Lipinski definition) is 0. The molecule has 2 heterocycles. The number of carbonyl (C=O) groups excluding carboxylic acids is 1. The van der Waals surface area contributed by atoms with Crippen molar-refractivity contribution in [3.05, 3.63) is 48.5 Å². The molecule has 0 radical (unpaired) electrons. The van der Waals surface area contributed by atoms with Gasteiger partial charge in [0, 0.05) is 25.2 Å². The lowest BCUT2D eigenvalue weighted by Gasteiger charge is -2.24. The Labute approximate surface area is 151 Å². The summed E-state index contributed by atoms with van der Waals surface area (Å²) < 4.78 is 34.4. The van der Waals surface area contributed by atoms with Gasteiger partial charge in [-0.1, -0.05) is 0 Å². The van der Waals surface area contributed by atoms with Crippen molar-refractivity contribution in [3.8, 4) is 5.75 Å². The van der Waals surface area contributed by atoms with Gasteiger partial charge in [0.15, 0.2) is 9.84 Å². The van der Waals surface area contributed by atoms with Crippen molar-refractivity contribution in [2.75, 3.05) is 32.6 Å². The van der Waals surface area contributed by atoms with Gasteiger partial charge in [0.2, 0.25) is 0 Å². The van der Waals surface area contributed by atoms with Crippen molar-refractivity contribution < 1.29 is 22.7 Å². The zero-order valence-electron chi connectivity index (χ0n) is 14.2. The summed E-state index contributed by atoms with van der Waals surface area (Å²) in [6.45, 7) is 1.50. The smallest absolute Gasteiger partial charge is 0.274 e. The first-order valence-electron chi connectivity index (χ1n) is 8.03. The number of nitrogens with zero attached hydrogens (tertiary/aromatic N) is 3. The van der Waals surface area contributed by atoms with E-state index >= 15 is 0 Å². The summed E-state index contributed by atoms with van der Waals surface area (Å²) in [7, 11) is -3.26. The summed E-state index contributed by atoms with van der Waals surface area (Å²) in [5.74, 6) is 0.282. The molecule has 1 aromatic heterocycles. The van der Waals surface area contributed by atoms with Crippen LogP contribution in [0.5, 0.6) is 5.75 Å². The summed E-state index contributed by atoms with van der Waals surface area (Å²) >= 11 is 0. The molecule has 1 amide bonds. The van der Waals surface area contributed by atoms with Crippen molar-refractivity contribution in [1.82, 2.24) is 14.9 Å². The number of benzene rings is 1. The van der Waals surface area contributed by atoms with Gasteiger partial charge in [0.05, 0.1) is 30.9 Å². The second-order valence-electron chi connectivity index (χ2n) is 5.90. The number of amides is 1. The number of rotatable bonds is 4. The van der Waals surface area contributed by atoms with Crippen molar-refractivity contribution in [2.45, 2.75) is 11.0 Å². The van der Waals surface area contributed by atoms with Gasteiger partial charge in [-0.25, -0.2) is 13.4 Å². The minimum Gasteiger partial charge on any atom is -0.486 e. The fraction of sp³-hybridized carbons (Fsp3) is 0.353. The highest BCUT2D eigenvalue weighted by Crippen LogP contribution is 2.18. The Morgan fingerprint density at radius 1 is 1.27 bits per heavy atom. The molecule has 1 atom stereocenters. The molecule has 8 nitrogen and oxygen atoms in total. The lowest BCUT2D eigenvalue weighted by atomic mass is 10.3.